The second kappa shape index (κ2) is 9.70. The van der Waals surface area contributed by atoms with Gasteiger partial charge in [0, 0.05) is 5.56 Å². The Kier molecular flexibility index (Phi) is 7.33. The van der Waals surface area contributed by atoms with E-state index in [9.17, 15) is 20.1 Å². The molecule has 2 aromatic rings. The number of hydrogen-bond acceptors (Lipinski definition) is 5. The molecule has 5 heteroatoms. The van der Waals surface area contributed by atoms with Crippen LogP contribution in [0.5, 0.6) is 17.2 Å². The summed E-state index contributed by atoms with van der Waals surface area (Å²) in [5, 5.41) is 29.8. The summed E-state index contributed by atoms with van der Waals surface area (Å²) in [5.74, 6) is -2.39. The molecule has 3 N–H and O–H groups in total. The molecular weight excluding hydrogens is 332 g/mol. The first kappa shape index (κ1) is 19.6. The minimum absolute atomic E-state index is 0.0231. The van der Waals surface area contributed by atoms with Crippen LogP contribution in [0.4, 0.5) is 0 Å². The molecule has 0 radical (unpaired) electrons. The third-order valence-electron chi connectivity index (χ3n) is 4.27. The van der Waals surface area contributed by atoms with Crippen molar-refractivity contribution in [3.05, 3.63) is 42.0 Å². The highest BCUT2D eigenvalue weighted by Gasteiger charge is 2.23. The summed E-state index contributed by atoms with van der Waals surface area (Å²) in [4.78, 5) is 12.5. The van der Waals surface area contributed by atoms with E-state index in [1.165, 1.54) is 19.3 Å². The van der Waals surface area contributed by atoms with E-state index < -0.39 is 23.2 Å². The number of carbonyl (C=O) groups excluding carboxylic acids is 1. The van der Waals surface area contributed by atoms with E-state index >= 15 is 0 Å². The predicted molar refractivity (Wildman–Crippen MR) is 101 cm³/mol. The van der Waals surface area contributed by atoms with Crippen molar-refractivity contribution in [3.8, 4) is 28.4 Å². The van der Waals surface area contributed by atoms with Gasteiger partial charge in [-0.15, -0.1) is 0 Å². The molecule has 0 saturated heterocycles. The Morgan fingerprint density at radius 1 is 0.923 bits per heavy atom. The normalized spacial score (nSPS) is 10.7. The number of rotatable bonds is 9. The fraction of sp³-hybridized carbons (Fsp3) is 0.381. The maximum Gasteiger partial charge on any atom is 0.339 e. The van der Waals surface area contributed by atoms with E-state index in [0.717, 1.165) is 25.3 Å². The van der Waals surface area contributed by atoms with Crippen LogP contribution < -0.4 is 0 Å². The van der Waals surface area contributed by atoms with Crippen LogP contribution in [0.25, 0.3) is 11.1 Å². The molecule has 0 unspecified atom stereocenters. The Morgan fingerprint density at radius 2 is 1.58 bits per heavy atom. The summed E-state index contributed by atoms with van der Waals surface area (Å²) in [6.45, 7) is 2.44. The molecular formula is C21H26O5. The topological polar surface area (TPSA) is 87.0 Å². The minimum atomic E-state index is -0.656. The average molecular weight is 358 g/mol. The number of hydrogen-bond donors (Lipinski definition) is 3. The van der Waals surface area contributed by atoms with Crippen LogP contribution in [-0.2, 0) is 4.74 Å². The van der Waals surface area contributed by atoms with Crippen molar-refractivity contribution < 1.29 is 24.9 Å². The second-order valence-corrected chi connectivity index (χ2v) is 6.29. The minimum Gasteiger partial charge on any atom is -0.504 e. The Bertz CT molecular complexity index is 725. The van der Waals surface area contributed by atoms with Gasteiger partial charge in [-0.1, -0.05) is 69.4 Å². The largest absolute Gasteiger partial charge is 0.504 e. The van der Waals surface area contributed by atoms with E-state index in [4.69, 9.17) is 4.74 Å². The van der Waals surface area contributed by atoms with Crippen LogP contribution in [0.15, 0.2) is 36.4 Å². The number of unbranched alkanes of at least 4 members (excludes halogenated alkanes) is 5. The zero-order valence-corrected chi connectivity index (χ0v) is 15.1. The molecule has 140 valence electrons. The fourth-order valence-electron chi connectivity index (χ4n) is 2.83. The van der Waals surface area contributed by atoms with Gasteiger partial charge < -0.3 is 20.1 Å². The van der Waals surface area contributed by atoms with Gasteiger partial charge in [-0.2, -0.15) is 0 Å². The van der Waals surface area contributed by atoms with Crippen molar-refractivity contribution in [1.82, 2.24) is 0 Å². The molecule has 0 aromatic heterocycles. The first-order chi connectivity index (χ1) is 12.6. The molecule has 0 aliphatic rings. The molecule has 0 saturated carbocycles. The van der Waals surface area contributed by atoms with E-state index in [1.54, 1.807) is 30.3 Å². The first-order valence-electron chi connectivity index (χ1n) is 9.06. The van der Waals surface area contributed by atoms with Crippen molar-refractivity contribution in [2.45, 2.75) is 45.4 Å². The van der Waals surface area contributed by atoms with Gasteiger partial charge in [-0.25, -0.2) is 4.79 Å². The number of aromatic hydroxyl groups is 3. The number of phenolic OH excluding ortho intramolecular Hbond substituents is 3. The molecule has 0 atom stereocenters. The molecule has 0 amide bonds. The van der Waals surface area contributed by atoms with Gasteiger partial charge in [-0.05, 0) is 18.1 Å². The molecule has 2 aromatic carbocycles. The molecule has 26 heavy (non-hydrogen) atoms. The second-order valence-electron chi connectivity index (χ2n) is 6.29. The Morgan fingerprint density at radius 3 is 2.27 bits per heavy atom. The lowest BCUT2D eigenvalue weighted by atomic mass is 9.97. The van der Waals surface area contributed by atoms with Crippen LogP contribution in [0.2, 0.25) is 0 Å². The Hall–Kier alpha value is -2.69. The lowest BCUT2D eigenvalue weighted by molar-refractivity contribution is 0.0497. The van der Waals surface area contributed by atoms with Crippen LogP contribution in [0, 0.1) is 0 Å². The number of carbonyl (C=O) groups is 1. The van der Waals surface area contributed by atoms with Crippen molar-refractivity contribution in [3.63, 3.8) is 0 Å². The summed E-state index contributed by atoms with van der Waals surface area (Å²) in [7, 11) is 0. The standard InChI is InChI=1S/C21H26O5/c1-2-3-4-5-6-10-13-26-21(25)16-14-17(22)19(23)20(24)18(16)15-11-8-7-9-12-15/h7-9,11-12,14,22-24H,2-6,10,13H2,1H3. The summed E-state index contributed by atoms with van der Waals surface area (Å²) in [5.41, 5.74) is 0.718. The highest BCUT2D eigenvalue weighted by Crippen LogP contribution is 2.45. The van der Waals surface area contributed by atoms with Crippen molar-refractivity contribution in [2.24, 2.45) is 0 Å². The van der Waals surface area contributed by atoms with E-state index in [-0.39, 0.29) is 17.7 Å². The molecule has 0 aliphatic carbocycles. The third kappa shape index (κ3) is 4.91. The number of esters is 1. The number of benzene rings is 2. The SMILES string of the molecule is CCCCCCCCOC(=O)c1cc(O)c(O)c(O)c1-c1ccccc1. The van der Waals surface area contributed by atoms with Gasteiger partial charge in [-0.3, -0.25) is 0 Å². The molecule has 5 nitrogen and oxygen atoms in total. The quantitative estimate of drug-likeness (QED) is 0.334. The van der Waals surface area contributed by atoms with Crippen LogP contribution >= 0.6 is 0 Å². The van der Waals surface area contributed by atoms with Crippen LogP contribution in [0.3, 0.4) is 0 Å². The molecule has 0 heterocycles. The zero-order valence-electron chi connectivity index (χ0n) is 15.1. The summed E-state index contributed by atoms with van der Waals surface area (Å²) >= 11 is 0. The van der Waals surface area contributed by atoms with Gasteiger partial charge in [0.05, 0.1) is 12.2 Å². The number of ether oxygens (including phenoxy) is 1. The van der Waals surface area contributed by atoms with Gasteiger partial charge in [0.2, 0.25) is 5.75 Å². The molecule has 0 fully saturated rings. The predicted octanol–water partition coefficient (Wildman–Crippen LogP) is 4.99. The van der Waals surface area contributed by atoms with E-state index in [1.807, 2.05) is 0 Å². The van der Waals surface area contributed by atoms with Crippen molar-refractivity contribution in [1.29, 1.82) is 0 Å². The molecule has 0 aliphatic heterocycles. The smallest absolute Gasteiger partial charge is 0.339 e. The lowest BCUT2D eigenvalue weighted by Gasteiger charge is -2.14. The maximum atomic E-state index is 12.5. The van der Waals surface area contributed by atoms with E-state index in [2.05, 4.69) is 6.92 Å². The van der Waals surface area contributed by atoms with Crippen LogP contribution in [-0.4, -0.2) is 27.9 Å². The molecule has 0 bridgehead atoms. The zero-order chi connectivity index (χ0) is 18.9. The summed E-state index contributed by atoms with van der Waals surface area (Å²) in [6, 6.07) is 9.85. The first-order valence-corrected chi connectivity index (χ1v) is 9.06. The highest BCUT2D eigenvalue weighted by molar-refractivity contribution is 6.00. The lowest BCUT2D eigenvalue weighted by Crippen LogP contribution is -2.08. The number of phenols is 3. The summed E-state index contributed by atoms with van der Waals surface area (Å²) in [6.07, 6.45) is 6.46. The molecule has 0 spiro atoms. The Labute approximate surface area is 153 Å². The van der Waals surface area contributed by atoms with Gasteiger partial charge in [0.15, 0.2) is 11.5 Å². The fourth-order valence-corrected chi connectivity index (χ4v) is 2.83. The third-order valence-corrected chi connectivity index (χ3v) is 4.27. The van der Waals surface area contributed by atoms with Crippen molar-refractivity contribution in [2.75, 3.05) is 6.61 Å². The maximum absolute atomic E-state index is 12.5. The Balaban J connectivity index is 2.11. The van der Waals surface area contributed by atoms with Gasteiger partial charge in [0.25, 0.3) is 0 Å². The highest BCUT2D eigenvalue weighted by atomic mass is 16.5. The van der Waals surface area contributed by atoms with E-state index in [0.29, 0.717) is 5.56 Å². The van der Waals surface area contributed by atoms with Gasteiger partial charge >= 0.3 is 5.97 Å². The average Bonchev–Trinajstić information content (AvgIpc) is 2.65. The van der Waals surface area contributed by atoms with Gasteiger partial charge in [0.1, 0.15) is 0 Å². The monoisotopic (exact) mass is 358 g/mol. The summed E-state index contributed by atoms with van der Waals surface area (Å²) < 4.78 is 5.30. The van der Waals surface area contributed by atoms with Crippen molar-refractivity contribution >= 4 is 5.97 Å². The van der Waals surface area contributed by atoms with Crippen LogP contribution in [0.1, 0.15) is 55.8 Å². The molecule has 2 rings (SSSR count).